The molecule has 3 heterocycles. The van der Waals surface area contributed by atoms with Crippen LogP contribution in [0.5, 0.6) is 0 Å². The zero-order valence-corrected chi connectivity index (χ0v) is 16.8. The minimum absolute atomic E-state index is 0.329. The molecule has 3 aromatic rings. The van der Waals surface area contributed by atoms with Crippen LogP contribution in [0.3, 0.4) is 0 Å². The molecule has 2 nitrogen and oxygen atoms in total. The molecule has 3 saturated heterocycles. The van der Waals surface area contributed by atoms with Gasteiger partial charge in [-0.3, -0.25) is 9.89 Å². The molecular weight excluding hydrogens is 352 g/mol. The van der Waals surface area contributed by atoms with E-state index in [0.717, 1.165) is 6.54 Å². The zero-order chi connectivity index (χ0) is 19.5. The summed E-state index contributed by atoms with van der Waals surface area (Å²) in [6, 6.07) is 33.1. The Morgan fingerprint density at radius 1 is 0.724 bits per heavy atom. The van der Waals surface area contributed by atoms with E-state index in [1.54, 1.807) is 0 Å². The molecule has 2 heteroatoms. The van der Waals surface area contributed by atoms with Crippen molar-refractivity contribution in [1.82, 2.24) is 4.90 Å². The summed E-state index contributed by atoms with van der Waals surface area (Å²) >= 11 is 0. The van der Waals surface area contributed by atoms with Gasteiger partial charge >= 0.3 is 0 Å². The van der Waals surface area contributed by atoms with Crippen LogP contribution in [0.25, 0.3) is 0 Å². The summed E-state index contributed by atoms with van der Waals surface area (Å²) < 4.78 is 0. The molecule has 146 valence electrons. The fraction of sp³-hybridized carbons (Fsp3) is 0.296. The Kier molecular flexibility index (Phi) is 5.27. The maximum atomic E-state index is 5.26. The van der Waals surface area contributed by atoms with Crippen LogP contribution in [0.1, 0.15) is 35.4 Å². The highest BCUT2D eigenvalue weighted by Crippen LogP contribution is 2.40. The van der Waals surface area contributed by atoms with Crippen molar-refractivity contribution >= 4 is 5.71 Å². The number of benzene rings is 3. The Morgan fingerprint density at radius 2 is 1.24 bits per heavy atom. The standard InChI is InChI=1S/C27H28N2/c1-4-10-21(11-5-1)20-28-26-24-16-18-29(19-17-24)27(26)25(22-12-6-2-7-13-22)23-14-8-3-9-15-23/h1-15,24-25,27H,16-20H2/b28-26+/t27-/m0/s1. The molecule has 0 N–H and O–H groups in total. The Bertz CT molecular complexity index is 902. The molecule has 0 aliphatic carbocycles. The quantitative estimate of drug-likeness (QED) is 0.566. The van der Waals surface area contributed by atoms with Crippen LogP contribution in [0, 0.1) is 5.92 Å². The lowest BCUT2D eigenvalue weighted by molar-refractivity contribution is 0.135. The molecule has 2 bridgehead atoms. The van der Waals surface area contributed by atoms with E-state index >= 15 is 0 Å². The van der Waals surface area contributed by atoms with Gasteiger partial charge in [0.05, 0.1) is 12.6 Å². The zero-order valence-electron chi connectivity index (χ0n) is 16.8. The molecule has 0 spiro atoms. The minimum Gasteiger partial charge on any atom is -0.294 e. The SMILES string of the molecule is c1ccc(C/N=C2\C3CCN(CC3)[C@H]2C(c2ccccc2)c2ccccc2)cc1. The summed E-state index contributed by atoms with van der Waals surface area (Å²) in [6.07, 6.45) is 2.50. The van der Waals surface area contributed by atoms with E-state index in [4.69, 9.17) is 4.99 Å². The van der Waals surface area contributed by atoms with Gasteiger partial charge in [0.25, 0.3) is 0 Å². The third-order valence-corrected chi connectivity index (χ3v) is 6.56. The summed E-state index contributed by atoms with van der Waals surface area (Å²) in [7, 11) is 0. The Balaban J connectivity index is 1.57. The molecule has 6 rings (SSSR count). The fourth-order valence-electron chi connectivity index (χ4n) is 5.15. The molecule has 0 aromatic heterocycles. The average Bonchev–Trinajstić information content (AvgIpc) is 2.81. The summed E-state index contributed by atoms with van der Waals surface area (Å²) in [5.74, 6) is 0.957. The van der Waals surface area contributed by atoms with Crippen LogP contribution in [0.4, 0.5) is 0 Å². The second-order valence-corrected chi connectivity index (χ2v) is 8.28. The Hall–Kier alpha value is -2.71. The number of nitrogens with zero attached hydrogens (tertiary/aromatic N) is 2. The van der Waals surface area contributed by atoms with Crippen molar-refractivity contribution in [2.24, 2.45) is 10.9 Å². The van der Waals surface area contributed by atoms with Crippen molar-refractivity contribution in [3.8, 4) is 0 Å². The smallest absolute Gasteiger partial charge is 0.0639 e. The maximum Gasteiger partial charge on any atom is 0.0639 e. The van der Waals surface area contributed by atoms with Crippen molar-refractivity contribution < 1.29 is 0 Å². The highest BCUT2D eigenvalue weighted by Gasteiger charge is 2.43. The summed E-state index contributed by atoms with van der Waals surface area (Å²) in [4.78, 5) is 7.95. The van der Waals surface area contributed by atoms with Gasteiger partial charge in [-0.2, -0.15) is 0 Å². The molecule has 3 aliphatic heterocycles. The lowest BCUT2D eigenvalue weighted by atomic mass is 9.72. The number of fused-ring (bicyclic) bond motifs is 3. The van der Waals surface area contributed by atoms with Gasteiger partial charge in [-0.05, 0) is 42.6 Å². The maximum absolute atomic E-state index is 5.26. The Labute approximate surface area is 173 Å². The molecule has 29 heavy (non-hydrogen) atoms. The fourth-order valence-corrected chi connectivity index (χ4v) is 5.15. The van der Waals surface area contributed by atoms with Crippen LogP contribution in [0.2, 0.25) is 0 Å². The topological polar surface area (TPSA) is 15.6 Å². The van der Waals surface area contributed by atoms with Gasteiger partial charge in [0.15, 0.2) is 0 Å². The second-order valence-electron chi connectivity index (χ2n) is 8.28. The highest BCUT2D eigenvalue weighted by atomic mass is 15.2. The first kappa shape index (κ1) is 18.3. The van der Waals surface area contributed by atoms with Crippen LogP contribution >= 0.6 is 0 Å². The molecule has 3 fully saturated rings. The number of rotatable bonds is 5. The predicted molar refractivity (Wildman–Crippen MR) is 120 cm³/mol. The number of piperidine rings is 3. The predicted octanol–water partition coefficient (Wildman–Crippen LogP) is 5.55. The average molecular weight is 381 g/mol. The third kappa shape index (κ3) is 3.77. The van der Waals surface area contributed by atoms with E-state index in [-0.39, 0.29) is 0 Å². The minimum atomic E-state index is 0.329. The molecule has 0 saturated carbocycles. The number of hydrogen-bond acceptors (Lipinski definition) is 2. The van der Waals surface area contributed by atoms with Gasteiger partial charge in [-0.15, -0.1) is 0 Å². The van der Waals surface area contributed by atoms with Crippen LogP contribution in [-0.2, 0) is 6.54 Å². The van der Waals surface area contributed by atoms with Crippen LogP contribution in [-0.4, -0.2) is 29.7 Å². The van der Waals surface area contributed by atoms with Gasteiger partial charge in [0, 0.05) is 17.5 Å². The first-order valence-corrected chi connectivity index (χ1v) is 10.8. The van der Waals surface area contributed by atoms with E-state index < -0.39 is 0 Å². The van der Waals surface area contributed by atoms with Crippen molar-refractivity contribution in [3.05, 3.63) is 108 Å². The van der Waals surface area contributed by atoms with Crippen molar-refractivity contribution in [1.29, 1.82) is 0 Å². The van der Waals surface area contributed by atoms with Crippen LogP contribution in [0.15, 0.2) is 96.0 Å². The van der Waals surface area contributed by atoms with Gasteiger partial charge in [0.1, 0.15) is 0 Å². The molecular formula is C27H28N2. The summed E-state index contributed by atoms with van der Waals surface area (Å²) in [5, 5.41) is 0. The van der Waals surface area contributed by atoms with Gasteiger partial charge in [0.2, 0.25) is 0 Å². The molecule has 3 aliphatic rings. The normalized spacial score (nSPS) is 24.9. The van der Waals surface area contributed by atoms with Crippen molar-refractivity contribution in [2.75, 3.05) is 13.1 Å². The van der Waals surface area contributed by atoms with E-state index in [9.17, 15) is 0 Å². The number of hydrogen-bond donors (Lipinski definition) is 0. The van der Waals surface area contributed by atoms with E-state index in [1.807, 2.05) is 0 Å². The van der Waals surface area contributed by atoms with Gasteiger partial charge in [-0.1, -0.05) is 91.0 Å². The highest BCUT2D eigenvalue weighted by molar-refractivity contribution is 5.94. The number of aliphatic imine (C=N–C) groups is 1. The van der Waals surface area contributed by atoms with E-state index in [1.165, 1.54) is 48.3 Å². The lowest BCUT2D eigenvalue weighted by Crippen LogP contribution is -2.58. The first-order valence-electron chi connectivity index (χ1n) is 10.8. The molecule has 0 radical (unpaired) electrons. The summed E-state index contributed by atoms with van der Waals surface area (Å²) in [6.45, 7) is 3.17. The first-order chi connectivity index (χ1) is 14.4. The molecule has 3 aromatic carbocycles. The van der Waals surface area contributed by atoms with Crippen LogP contribution < -0.4 is 0 Å². The Morgan fingerprint density at radius 3 is 1.79 bits per heavy atom. The lowest BCUT2D eigenvalue weighted by Gasteiger charge is -2.49. The molecule has 0 unspecified atom stereocenters. The molecule has 1 atom stereocenters. The van der Waals surface area contributed by atoms with E-state index in [0.29, 0.717) is 17.9 Å². The van der Waals surface area contributed by atoms with Gasteiger partial charge < -0.3 is 0 Å². The summed E-state index contributed by atoms with van der Waals surface area (Å²) in [5.41, 5.74) is 5.50. The monoisotopic (exact) mass is 380 g/mol. The van der Waals surface area contributed by atoms with Gasteiger partial charge in [-0.25, -0.2) is 0 Å². The second kappa shape index (κ2) is 8.34. The largest absolute Gasteiger partial charge is 0.294 e. The van der Waals surface area contributed by atoms with Crippen molar-refractivity contribution in [2.45, 2.75) is 31.3 Å². The molecule has 0 amide bonds. The van der Waals surface area contributed by atoms with Crippen molar-refractivity contribution in [3.63, 3.8) is 0 Å². The third-order valence-electron chi connectivity index (χ3n) is 6.56. The van der Waals surface area contributed by atoms with E-state index in [2.05, 4.69) is 95.9 Å².